The van der Waals surface area contributed by atoms with Gasteiger partial charge < -0.3 is 35.0 Å². The predicted molar refractivity (Wildman–Crippen MR) is 71.5 cm³/mol. The first-order chi connectivity index (χ1) is 8.77. The van der Waals surface area contributed by atoms with Crippen molar-refractivity contribution in [3.05, 3.63) is 46.6 Å². The van der Waals surface area contributed by atoms with E-state index in [0.717, 1.165) is 24.0 Å². The van der Waals surface area contributed by atoms with E-state index >= 15 is 0 Å². The van der Waals surface area contributed by atoms with E-state index in [1.165, 1.54) is 11.1 Å². The third-order valence-corrected chi connectivity index (χ3v) is 3.63. The van der Waals surface area contributed by atoms with Crippen molar-refractivity contribution in [3.63, 3.8) is 0 Å². The maximum Gasteiger partial charge on any atom is 4.00 e. The number of rotatable bonds is 6. The van der Waals surface area contributed by atoms with Gasteiger partial charge in [0.15, 0.2) is 0 Å². The summed E-state index contributed by atoms with van der Waals surface area (Å²) in [5.74, 6) is 0.318. The fraction of sp³-hybridized carbons (Fsp3) is 0.500. The third-order valence-electron chi connectivity index (χ3n) is 3.63. The topological polar surface area (TPSA) is 40.5 Å². The predicted octanol–water partition coefficient (Wildman–Crippen LogP) is -3.49. The summed E-state index contributed by atoms with van der Waals surface area (Å²) in [5.41, 5.74) is 4.88. The van der Waals surface area contributed by atoms with Crippen LogP contribution in [0.25, 0.3) is 0 Å². The van der Waals surface area contributed by atoms with Crippen LogP contribution in [0.4, 0.5) is 0 Å². The second kappa shape index (κ2) is 11.9. The Morgan fingerprint density at radius 3 is 1.67 bits per heavy atom. The van der Waals surface area contributed by atoms with Gasteiger partial charge in [-0.25, -0.2) is 22.3 Å². The average Bonchev–Trinajstić information content (AvgIpc) is 2.98. The van der Waals surface area contributed by atoms with Crippen molar-refractivity contribution in [1.82, 2.24) is 0 Å². The van der Waals surface area contributed by atoms with Crippen LogP contribution in [-0.2, 0) is 26.2 Å². The van der Waals surface area contributed by atoms with Gasteiger partial charge in [0.1, 0.15) is 0 Å². The molecule has 0 atom stereocenters. The summed E-state index contributed by atoms with van der Waals surface area (Å²) in [6.45, 7) is 2.54. The standard InChI is InChI=1S/C16H20O2.2ClH.Zr/c1-12(15-6-2-4-13(15)8-10-17)16-7-3-5-14(16)9-11-18;;;/h6-7,12,17-18H,2-3,8-11H2,1H3;2*1H;/q-2;;;+4/p-2. The van der Waals surface area contributed by atoms with Gasteiger partial charge in [-0.2, -0.15) is 12.2 Å². The first kappa shape index (κ1) is 23.6. The molecule has 0 saturated carbocycles. The molecule has 2 aliphatic rings. The molecule has 2 rings (SSSR count). The first-order valence-corrected chi connectivity index (χ1v) is 6.60. The molecule has 0 saturated heterocycles. The normalized spacial score (nSPS) is 16.2. The SMILES string of the molecule is CC(C1=CC[C-]=C1CCO)C1=CC[C-]=C1CCO.[Cl-].[Cl-].[Zr+4]. The van der Waals surface area contributed by atoms with Gasteiger partial charge in [-0.05, 0) is 12.8 Å². The molecule has 0 aromatic rings. The molecule has 21 heavy (non-hydrogen) atoms. The van der Waals surface area contributed by atoms with E-state index in [9.17, 15) is 0 Å². The van der Waals surface area contributed by atoms with Crippen LogP contribution in [0.15, 0.2) is 34.4 Å². The number of hydrogen-bond acceptors (Lipinski definition) is 2. The van der Waals surface area contributed by atoms with Crippen LogP contribution in [0.3, 0.4) is 0 Å². The van der Waals surface area contributed by atoms with E-state index in [0.29, 0.717) is 18.8 Å². The van der Waals surface area contributed by atoms with Crippen molar-refractivity contribution >= 4 is 0 Å². The Kier molecular flexibility index (Phi) is 13.3. The summed E-state index contributed by atoms with van der Waals surface area (Å²) in [7, 11) is 0. The summed E-state index contributed by atoms with van der Waals surface area (Å²) < 4.78 is 0. The number of allylic oxidation sites excluding steroid dienone is 6. The smallest absolute Gasteiger partial charge is 1.00 e. The second-order valence-electron chi connectivity index (χ2n) is 4.71. The van der Waals surface area contributed by atoms with Crippen molar-refractivity contribution in [2.45, 2.75) is 32.6 Å². The minimum atomic E-state index is 0. The molecule has 0 radical (unpaired) electrons. The van der Waals surface area contributed by atoms with E-state index in [-0.39, 0.29) is 64.2 Å². The molecule has 0 aliphatic heterocycles. The monoisotopic (exact) mass is 404 g/mol. The van der Waals surface area contributed by atoms with E-state index in [1.54, 1.807) is 0 Å². The zero-order valence-corrected chi connectivity index (χ0v) is 16.1. The molecule has 2 aliphatic carbocycles. The van der Waals surface area contributed by atoms with Crippen molar-refractivity contribution < 1.29 is 61.2 Å². The molecule has 0 aromatic heterocycles. The van der Waals surface area contributed by atoms with Gasteiger partial charge in [-0.15, -0.1) is 18.8 Å². The number of aliphatic hydroxyl groups is 2. The molecule has 0 amide bonds. The quantitative estimate of drug-likeness (QED) is 0.450. The number of aliphatic hydroxyl groups excluding tert-OH is 2. The van der Waals surface area contributed by atoms with Crippen molar-refractivity contribution in [2.75, 3.05) is 13.2 Å². The van der Waals surface area contributed by atoms with Crippen molar-refractivity contribution in [3.8, 4) is 0 Å². The van der Waals surface area contributed by atoms with Crippen LogP contribution < -0.4 is 24.8 Å². The Hall–Kier alpha value is 0.343. The van der Waals surface area contributed by atoms with E-state index in [2.05, 4.69) is 31.2 Å². The van der Waals surface area contributed by atoms with Gasteiger partial charge >= 0.3 is 26.2 Å². The summed E-state index contributed by atoms with van der Waals surface area (Å²) in [4.78, 5) is 0. The van der Waals surface area contributed by atoms with E-state index in [4.69, 9.17) is 10.2 Å². The molecule has 2 N–H and O–H groups in total. The molecule has 0 aromatic carbocycles. The minimum Gasteiger partial charge on any atom is -1.00 e. The molecule has 0 fully saturated rings. The Bertz CT molecular complexity index is 400. The molecule has 0 unspecified atom stereocenters. The van der Waals surface area contributed by atoms with Crippen LogP contribution in [-0.4, -0.2) is 23.4 Å². The Balaban J connectivity index is 0. The molecule has 0 spiro atoms. The third kappa shape index (κ3) is 5.80. The van der Waals surface area contributed by atoms with E-state index < -0.39 is 0 Å². The molecular weight excluding hydrogens is 386 g/mol. The molecule has 5 heteroatoms. The Labute approximate surface area is 159 Å². The minimum absolute atomic E-state index is 0. The zero-order chi connectivity index (χ0) is 13.0. The van der Waals surface area contributed by atoms with Gasteiger partial charge in [0.25, 0.3) is 0 Å². The largest absolute Gasteiger partial charge is 4.00 e. The van der Waals surface area contributed by atoms with Crippen LogP contribution in [0.2, 0.25) is 0 Å². The van der Waals surface area contributed by atoms with Crippen LogP contribution in [0.5, 0.6) is 0 Å². The van der Waals surface area contributed by atoms with Crippen molar-refractivity contribution in [1.29, 1.82) is 0 Å². The van der Waals surface area contributed by atoms with Gasteiger partial charge in [-0.1, -0.05) is 6.92 Å². The Morgan fingerprint density at radius 1 is 0.952 bits per heavy atom. The van der Waals surface area contributed by atoms with Gasteiger partial charge in [-0.3, -0.25) is 12.2 Å². The molecule has 0 heterocycles. The van der Waals surface area contributed by atoms with Gasteiger partial charge in [0.2, 0.25) is 0 Å². The fourth-order valence-corrected chi connectivity index (χ4v) is 2.75. The van der Waals surface area contributed by atoms with Gasteiger partial charge in [0, 0.05) is 13.2 Å². The van der Waals surface area contributed by atoms with Crippen LogP contribution >= 0.6 is 0 Å². The van der Waals surface area contributed by atoms with Crippen LogP contribution in [0, 0.1) is 18.1 Å². The molecule has 0 bridgehead atoms. The van der Waals surface area contributed by atoms with Gasteiger partial charge in [0.05, 0.1) is 0 Å². The first-order valence-electron chi connectivity index (χ1n) is 6.60. The molecule has 2 nitrogen and oxygen atoms in total. The summed E-state index contributed by atoms with van der Waals surface area (Å²) >= 11 is 0. The average molecular weight is 406 g/mol. The number of halogens is 2. The zero-order valence-electron chi connectivity index (χ0n) is 12.1. The maximum absolute atomic E-state index is 9.07. The second-order valence-corrected chi connectivity index (χ2v) is 4.71. The summed E-state index contributed by atoms with van der Waals surface area (Å²) in [5, 5.41) is 18.1. The summed E-state index contributed by atoms with van der Waals surface area (Å²) in [6, 6.07) is 0. The molecular formula is C16H20Cl2O2Zr. The fourth-order valence-electron chi connectivity index (χ4n) is 2.75. The van der Waals surface area contributed by atoms with Crippen molar-refractivity contribution in [2.24, 2.45) is 5.92 Å². The molecule has 114 valence electrons. The maximum atomic E-state index is 9.07. The Morgan fingerprint density at radius 2 is 1.33 bits per heavy atom. The summed E-state index contributed by atoms with van der Waals surface area (Å²) in [6.07, 6.45) is 14.1. The number of hydrogen-bond donors (Lipinski definition) is 2. The van der Waals surface area contributed by atoms with Crippen LogP contribution in [0.1, 0.15) is 32.6 Å². The van der Waals surface area contributed by atoms with E-state index in [1.807, 2.05) is 0 Å².